The van der Waals surface area contributed by atoms with Crippen molar-refractivity contribution in [2.75, 3.05) is 0 Å². The molecule has 1 heterocycles. The molecule has 0 spiro atoms. The molecule has 2 heteroatoms. The first-order chi connectivity index (χ1) is 10.3. The molecule has 3 aromatic rings. The minimum Gasteiger partial charge on any atom is -0.260 e. The van der Waals surface area contributed by atoms with Crippen molar-refractivity contribution < 1.29 is 0 Å². The third-order valence-electron chi connectivity index (χ3n) is 3.33. The highest BCUT2D eigenvalue weighted by molar-refractivity contribution is 7.99. The second-order valence-electron chi connectivity index (χ2n) is 4.98. The normalized spacial score (nSPS) is 12.0. The number of benzene rings is 2. The van der Waals surface area contributed by atoms with E-state index in [1.807, 2.05) is 30.1 Å². The van der Waals surface area contributed by atoms with E-state index in [0.717, 1.165) is 5.69 Å². The first-order valence-electron chi connectivity index (χ1n) is 7.02. The predicted molar refractivity (Wildman–Crippen MR) is 89.6 cm³/mol. The van der Waals surface area contributed by atoms with Gasteiger partial charge in [-0.2, -0.15) is 0 Å². The smallest absolute Gasteiger partial charge is 0.0766 e. The Morgan fingerprint density at radius 1 is 0.810 bits per heavy atom. The van der Waals surface area contributed by atoms with Crippen LogP contribution in [0.15, 0.2) is 83.9 Å². The molecule has 21 heavy (non-hydrogen) atoms. The molecule has 0 amide bonds. The van der Waals surface area contributed by atoms with Gasteiger partial charge < -0.3 is 0 Å². The van der Waals surface area contributed by atoms with Crippen LogP contribution in [0, 0.1) is 6.92 Å². The highest BCUT2D eigenvalue weighted by atomic mass is 32.2. The summed E-state index contributed by atoms with van der Waals surface area (Å²) in [6.45, 7) is 2.11. The molecule has 0 unspecified atom stereocenters. The summed E-state index contributed by atoms with van der Waals surface area (Å²) in [4.78, 5) is 5.81. The summed E-state index contributed by atoms with van der Waals surface area (Å²) in [7, 11) is 0. The molecule has 0 saturated carbocycles. The van der Waals surface area contributed by atoms with Gasteiger partial charge >= 0.3 is 0 Å². The van der Waals surface area contributed by atoms with Gasteiger partial charge in [0.2, 0.25) is 0 Å². The average Bonchev–Trinajstić information content (AvgIpc) is 2.56. The molecule has 0 aliphatic heterocycles. The van der Waals surface area contributed by atoms with Crippen LogP contribution in [0.4, 0.5) is 0 Å². The number of nitrogens with zero attached hydrogens (tertiary/aromatic N) is 1. The van der Waals surface area contributed by atoms with E-state index in [2.05, 4.69) is 72.6 Å². The first-order valence-corrected chi connectivity index (χ1v) is 7.90. The Morgan fingerprint density at radius 2 is 1.52 bits per heavy atom. The zero-order chi connectivity index (χ0) is 14.5. The number of hydrogen-bond acceptors (Lipinski definition) is 2. The molecule has 0 saturated heterocycles. The maximum Gasteiger partial charge on any atom is 0.0766 e. The lowest BCUT2D eigenvalue weighted by Crippen LogP contribution is -1.99. The van der Waals surface area contributed by atoms with E-state index in [-0.39, 0.29) is 5.25 Å². The van der Waals surface area contributed by atoms with Crippen LogP contribution in [0.1, 0.15) is 22.1 Å². The van der Waals surface area contributed by atoms with Gasteiger partial charge in [-0.1, -0.05) is 54.1 Å². The van der Waals surface area contributed by atoms with Crippen LogP contribution in [0.3, 0.4) is 0 Å². The van der Waals surface area contributed by atoms with Crippen LogP contribution in [0.25, 0.3) is 0 Å². The zero-order valence-electron chi connectivity index (χ0n) is 11.9. The van der Waals surface area contributed by atoms with Gasteiger partial charge in [0, 0.05) is 11.1 Å². The van der Waals surface area contributed by atoms with E-state index in [1.165, 1.54) is 16.0 Å². The van der Waals surface area contributed by atoms with Crippen LogP contribution in [-0.4, -0.2) is 4.98 Å². The summed E-state index contributed by atoms with van der Waals surface area (Å²) in [6.07, 6.45) is 1.86. The molecule has 0 fully saturated rings. The van der Waals surface area contributed by atoms with Gasteiger partial charge in [0.15, 0.2) is 0 Å². The van der Waals surface area contributed by atoms with Crippen molar-refractivity contribution in [2.24, 2.45) is 0 Å². The maximum atomic E-state index is 4.55. The summed E-state index contributed by atoms with van der Waals surface area (Å²) in [6, 6.07) is 25.3. The standard InChI is InChI=1S/C19H17NS/c1-15-10-12-17(13-11-15)21-19(16-7-3-2-4-8-16)18-9-5-6-14-20-18/h2-14,19H,1H3/t19-/m1/s1. The lowest BCUT2D eigenvalue weighted by molar-refractivity contribution is 1.05. The fourth-order valence-electron chi connectivity index (χ4n) is 2.21. The number of aromatic nitrogens is 1. The third kappa shape index (κ3) is 3.53. The van der Waals surface area contributed by atoms with Crippen LogP contribution < -0.4 is 0 Å². The van der Waals surface area contributed by atoms with E-state index >= 15 is 0 Å². The minimum absolute atomic E-state index is 0.218. The van der Waals surface area contributed by atoms with E-state index in [4.69, 9.17) is 0 Å². The van der Waals surface area contributed by atoms with Crippen molar-refractivity contribution in [3.63, 3.8) is 0 Å². The topological polar surface area (TPSA) is 12.9 Å². The van der Waals surface area contributed by atoms with E-state index < -0.39 is 0 Å². The van der Waals surface area contributed by atoms with Crippen molar-refractivity contribution in [1.29, 1.82) is 0 Å². The number of rotatable bonds is 4. The highest BCUT2D eigenvalue weighted by Crippen LogP contribution is 2.39. The lowest BCUT2D eigenvalue weighted by Gasteiger charge is -2.16. The van der Waals surface area contributed by atoms with Crippen LogP contribution in [0.2, 0.25) is 0 Å². The second kappa shape index (κ2) is 6.59. The van der Waals surface area contributed by atoms with E-state index in [0.29, 0.717) is 0 Å². The fourth-order valence-corrected chi connectivity index (χ4v) is 3.33. The number of aryl methyl sites for hydroxylation is 1. The van der Waals surface area contributed by atoms with Gasteiger partial charge in [-0.3, -0.25) is 4.98 Å². The first kappa shape index (κ1) is 13.9. The SMILES string of the molecule is Cc1ccc(S[C@H](c2ccccc2)c2ccccn2)cc1. The lowest BCUT2D eigenvalue weighted by atomic mass is 10.1. The predicted octanol–water partition coefficient (Wildman–Crippen LogP) is 5.27. The molecule has 1 aromatic heterocycles. The summed E-state index contributed by atoms with van der Waals surface area (Å²) < 4.78 is 0. The molecule has 3 rings (SSSR count). The Bertz CT molecular complexity index is 638. The van der Waals surface area contributed by atoms with Crippen molar-refractivity contribution >= 4 is 11.8 Å². The van der Waals surface area contributed by atoms with Crippen LogP contribution >= 0.6 is 11.8 Å². The Hall–Kier alpha value is -2.06. The number of thioether (sulfide) groups is 1. The Kier molecular flexibility index (Phi) is 4.37. The second-order valence-corrected chi connectivity index (χ2v) is 6.15. The van der Waals surface area contributed by atoms with Gasteiger partial charge in [0.05, 0.1) is 10.9 Å². The average molecular weight is 291 g/mol. The molecule has 0 aliphatic carbocycles. The highest BCUT2D eigenvalue weighted by Gasteiger charge is 2.16. The van der Waals surface area contributed by atoms with Crippen LogP contribution in [-0.2, 0) is 0 Å². The van der Waals surface area contributed by atoms with Crippen molar-refractivity contribution in [1.82, 2.24) is 4.98 Å². The van der Waals surface area contributed by atoms with Gasteiger partial charge in [-0.25, -0.2) is 0 Å². The van der Waals surface area contributed by atoms with Gasteiger partial charge in [-0.05, 0) is 36.8 Å². The van der Waals surface area contributed by atoms with Crippen molar-refractivity contribution in [2.45, 2.75) is 17.1 Å². The largest absolute Gasteiger partial charge is 0.260 e. The molecule has 0 bridgehead atoms. The molecule has 104 valence electrons. The van der Waals surface area contributed by atoms with Crippen LogP contribution in [0.5, 0.6) is 0 Å². The maximum absolute atomic E-state index is 4.55. The zero-order valence-corrected chi connectivity index (χ0v) is 12.8. The number of hydrogen-bond donors (Lipinski definition) is 0. The minimum atomic E-state index is 0.218. The molecule has 1 nitrogen and oxygen atoms in total. The van der Waals surface area contributed by atoms with E-state index in [9.17, 15) is 0 Å². The Morgan fingerprint density at radius 3 is 2.19 bits per heavy atom. The molecule has 0 aliphatic rings. The van der Waals surface area contributed by atoms with Gasteiger partial charge in [-0.15, -0.1) is 11.8 Å². The monoisotopic (exact) mass is 291 g/mol. The number of pyridine rings is 1. The molecular formula is C19H17NS. The molecule has 0 N–H and O–H groups in total. The van der Waals surface area contributed by atoms with Crippen molar-refractivity contribution in [3.05, 3.63) is 95.8 Å². The summed E-state index contributed by atoms with van der Waals surface area (Å²) in [5, 5.41) is 0.218. The molecule has 2 aromatic carbocycles. The quantitative estimate of drug-likeness (QED) is 0.607. The Balaban J connectivity index is 1.95. The summed E-state index contributed by atoms with van der Waals surface area (Å²) >= 11 is 1.84. The molecule has 0 radical (unpaired) electrons. The Labute approximate surface area is 130 Å². The van der Waals surface area contributed by atoms with Crippen molar-refractivity contribution in [3.8, 4) is 0 Å². The molecular weight excluding hydrogens is 274 g/mol. The summed E-state index contributed by atoms with van der Waals surface area (Å²) in [5.74, 6) is 0. The summed E-state index contributed by atoms with van der Waals surface area (Å²) in [5.41, 5.74) is 3.66. The third-order valence-corrected chi connectivity index (χ3v) is 4.63. The van der Waals surface area contributed by atoms with Gasteiger partial charge in [0.1, 0.15) is 0 Å². The van der Waals surface area contributed by atoms with E-state index in [1.54, 1.807) is 0 Å². The van der Waals surface area contributed by atoms with Gasteiger partial charge in [0.25, 0.3) is 0 Å². The fraction of sp³-hybridized carbons (Fsp3) is 0.105. The molecule has 1 atom stereocenters.